The molecule has 0 radical (unpaired) electrons. The Morgan fingerprint density at radius 1 is 1.00 bits per heavy atom. The van der Waals surface area contributed by atoms with Crippen LogP contribution in [0.5, 0.6) is 11.5 Å². The molecule has 0 aliphatic carbocycles. The maximum Gasteiger partial charge on any atom is 0.280 e. The molecule has 0 bridgehead atoms. The third-order valence-electron chi connectivity index (χ3n) is 6.10. The topological polar surface area (TPSA) is 166 Å². The van der Waals surface area contributed by atoms with Gasteiger partial charge in [0.25, 0.3) is 17.5 Å². The van der Waals surface area contributed by atoms with E-state index in [-0.39, 0.29) is 66.6 Å². The molecule has 13 heteroatoms. The van der Waals surface area contributed by atoms with E-state index in [0.29, 0.717) is 6.42 Å². The lowest BCUT2D eigenvalue weighted by molar-refractivity contribution is -0.385. The van der Waals surface area contributed by atoms with E-state index < -0.39 is 22.0 Å². The zero-order valence-corrected chi connectivity index (χ0v) is 23.6. The number of rotatable bonds is 15. The first kappa shape index (κ1) is 32.0. The van der Waals surface area contributed by atoms with E-state index in [0.717, 1.165) is 6.08 Å². The summed E-state index contributed by atoms with van der Waals surface area (Å²) < 4.78 is 16.1. The van der Waals surface area contributed by atoms with Crippen molar-refractivity contribution in [3.8, 4) is 11.5 Å². The van der Waals surface area contributed by atoms with E-state index in [4.69, 9.17) is 14.2 Å². The molecule has 0 saturated carbocycles. The number of hydrogen-bond donors (Lipinski definition) is 2. The van der Waals surface area contributed by atoms with Crippen LogP contribution in [0.25, 0.3) is 6.08 Å². The van der Waals surface area contributed by atoms with Gasteiger partial charge in [0.15, 0.2) is 11.5 Å². The Morgan fingerprint density at radius 2 is 1.57 bits per heavy atom. The Bertz CT molecular complexity index is 1190. The van der Waals surface area contributed by atoms with Crippen LogP contribution in [-0.2, 0) is 23.9 Å². The summed E-state index contributed by atoms with van der Waals surface area (Å²) in [6.45, 7) is 7.58. The van der Waals surface area contributed by atoms with Crippen molar-refractivity contribution in [2.45, 2.75) is 51.7 Å². The molecular weight excluding hydrogens is 524 g/mol. The number of carbonyl (C=O) groups is 4. The quantitative estimate of drug-likeness (QED) is 0.107. The molecule has 0 unspecified atom stereocenters. The van der Waals surface area contributed by atoms with Gasteiger partial charge in [0, 0.05) is 43.5 Å². The van der Waals surface area contributed by atoms with E-state index in [9.17, 15) is 29.3 Å². The van der Waals surface area contributed by atoms with Crippen molar-refractivity contribution in [2.75, 3.05) is 33.9 Å². The number of nitrogens with zero attached hydrogens (tertiary/aromatic N) is 2. The number of carbonyl (C=O) groups excluding carboxylic acids is 4. The Hall–Kier alpha value is -4.26. The van der Waals surface area contributed by atoms with E-state index in [1.165, 1.54) is 49.5 Å². The van der Waals surface area contributed by atoms with Crippen LogP contribution >= 0.6 is 0 Å². The van der Waals surface area contributed by atoms with Crippen molar-refractivity contribution in [3.05, 3.63) is 46.0 Å². The average molecular weight is 561 g/mol. The summed E-state index contributed by atoms with van der Waals surface area (Å²) in [5.41, 5.74) is -1.64. The van der Waals surface area contributed by atoms with Gasteiger partial charge in [-0.15, -0.1) is 0 Å². The van der Waals surface area contributed by atoms with Crippen molar-refractivity contribution in [3.63, 3.8) is 0 Å². The Kier molecular flexibility index (Phi) is 10.9. The van der Waals surface area contributed by atoms with Gasteiger partial charge in [-0.25, -0.2) is 0 Å². The van der Waals surface area contributed by atoms with Crippen molar-refractivity contribution < 1.29 is 38.3 Å². The van der Waals surface area contributed by atoms with Gasteiger partial charge in [0.2, 0.25) is 11.8 Å². The lowest BCUT2D eigenvalue weighted by atomic mass is 9.98. The molecule has 2 rings (SSSR count). The number of benzene rings is 1. The summed E-state index contributed by atoms with van der Waals surface area (Å²) in [6, 6.07) is 2.61. The van der Waals surface area contributed by atoms with Crippen LogP contribution in [0.15, 0.2) is 30.4 Å². The molecule has 218 valence electrons. The molecule has 4 amide bonds. The van der Waals surface area contributed by atoms with Crippen LogP contribution in [0.3, 0.4) is 0 Å². The molecule has 0 atom stereocenters. The number of methoxy groups -OCH3 is 2. The van der Waals surface area contributed by atoms with E-state index in [2.05, 4.69) is 10.6 Å². The summed E-state index contributed by atoms with van der Waals surface area (Å²) in [5.74, 6) is -1.05. The summed E-state index contributed by atoms with van der Waals surface area (Å²) in [4.78, 5) is 60.4. The predicted molar refractivity (Wildman–Crippen MR) is 146 cm³/mol. The highest BCUT2D eigenvalue weighted by molar-refractivity contribution is 6.13. The first-order valence-corrected chi connectivity index (χ1v) is 12.5. The zero-order chi connectivity index (χ0) is 30.1. The zero-order valence-electron chi connectivity index (χ0n) is 23.6. The predicted octanol–water partition coefficient (Wildman–Crippen LogP) is 2.14. The number of amides is 4. The molecule has 2 N–H and O–H groups in total. The van der Waals surface area contributed by atoms with Crippen LogP contribution in [0.1, 0.15) is 46.1 Å². The van der Waals surface area contributed by atoms with Crippen molar-refractivity contribution >= 4 is 35.4 Å². The molecule has 1 aromatic rings. The average Bonchev–Trinajstić information content (AvgIpc) is 3.22. The van der Waals surface area contributed by atoms with E-state index in [1.807, 2.05) is 0 Å². The first-order chi connectivity index (χ1) is 18.7. The number of nitro groups is 1. The first-order valence-electron chi connectivity index (χ1n) is 12.5. The highest BCUT2D eigenvalue weighted by atomic mass is 16.6. The van der Waals surface area contributed by atoms with Gasteiger partial charge in [0.1, 0.15) is 0 Å². The summed E-state index contributed by atoms with van der Waals surface area (Å²) in [7, 11) is 2.76. The molecule has 13 nitrogen and oxygen atoms in total. The second-order valence-electron chi connectivity index (χ2n) is 10.2. The fraction of sp³-hybridized carbons (Fsp3) is 0.481. The minimum atomic E-state index is -0.808. The fourth-order valence-corrected chi connectivity index (χ4v) is 3.97. The van der Waals surface area contributed by atoms with E-state index >= 15 is 0 Å². The van der Waals surface area contributed by atoms with Gasteiger partial charge in [-0.05, 0) is 46.3 Å². The normalized spacial score (nSPS) is 13.6. The van der Waals surface area contributed by atoms with Crippen molar-refractivity contribution in [2.24, 2.45) is 0 Å². The Balaban J connectivity index is 1.77. The second-order valence-corrected chi connectivity index (χ2v) is 10.2. The number of imide groups is 1. The summed E-state index contributed by atoms with van der Waals surface area (Å²) in [6.07, 6.45) is 5.36. The summed E-state index contributed by atoms with van der Waals surface area (Å²) >= 11 is 0. The van der Waals surface area contributed by atoms with Crippen LogP contribution in [0.4, 0.5) is 5.69 Å². The monoisotopic (exact) mass is 560 g/mol. The Labute approximate surface area is 232 Å². The molecule has 0 saturated heterocycles. The summed E-state index contributed by atoms with van der Waals surface area (Å²) in [5, 5.41) is 16.7. The minimum Gasteiger partial charge on any atom is -0.493 e. The lowest BCUT2D eigenvalue weighted by Crippen LogP contribution is -2.48. The van der Waals surface area contributed by atoms with Gasteiger partial charge in [-0.1, -0.05) is 0 Å². The van der Waals surface area contributed by atoms with Gasteiger partial charge < -0.3 is 24.8 Å². The van der Waals surface area contributed by atoms with Gasteiger partial charge in [-0.3, -0.25) is 34.2 Å². The molecule has 1 heterocycles. The van der Waals surface area contributed by atoms with E-state index in [1.54, 1.807) is 27.7 Å². The number of ether oxygens (including phenoxy) is 3. The highest BCUT2D eigenvalue weighted by Crippen LogP contribution is 2.35. The minimum absolute atomic E-state index is 0.0490. The molecule has 1 aliphatic heterocycles. The standard InChI is InChI=1S/C27H36N4O9/c1-26(2,30-24(34)9-10-25(30)35)11-14-40-27(3,4)17-23(33)29-13-12-28-22(32)8-7-18-15-20(38-5)21(39-6)16-19(18)31(36)37/h7-10,15-16H,11-14,17H2,1-6H3,(H,28,32)(H,29,33)/b8-7+. The molecular formula is C27H36N4O9. The third-order valence-corrected chi connectivity index (χ3v) is 6.10. The molecule has 0 fully saturated rings. The molecule has 0 spiro atoms. The fourth-order valence-electron chi connectivity index (χ4n) is 3.97. The molecule has 40 heavy (non-hydrogen) atoms. The van der Waals surface area contributed by atoms with Gasteiger partial charge >= 0.3 is 0 Å². The van der Waals surface area contributed by atoms with Crippen LogP contribution in [-0.4, -0.2) is 78.5 Å². The molecule has 1 aliphatic rings. The van der Waals surface area contributed by atoms with Crippen LogP contribution in [0, 0.1) is 10.1 Å². The largest absolute Gasteiger partial charge is 0.493 e. The number of nitro benzene ring substituents is 1. The Morgan fingerprint density at radius 3 is 2.15 bits per heavy atom. The molecule has 1 aromatic carbocycles. The van der Waals surface area contributed by atoms with Crippen LogP contribution < -0.4 is 20.1 Å². The van der Waals surface area contributed by atoms with Crippen LogP contribution in [0.2, 0.25) is 0 Å². The van der Waals surface area contributed by atoms with Crippen molar-refractivity contribution in [1.82, 2.24) is 15.5 Å². The number of hydrogen-bond acceptors (Lipinski definition) is 9. The molecule has 0 aromatic heterocycles. The maximum atomic E-state index is 12.4. The SMILES string of the molecule is COc1cc(/C=C/C(=O)NCCNC(=O)CC(C)(C)OCCC(C)(C)N2C(=O)C=CC2=O)c([N+](=O)[O-])cc1OC. The second kappa shape index (κ2) is 13.7. The van der Waals surface area contributed by atoms with Gasteiger partial charge in [-0.2, -0.15) is 0 Å². The third kappa shape index (κ3) is 8.90. The van der Waals surface area contributed by atoms with Crippen molar-refractivity contribution in [1.29, 1.82) is 0 Å². The smallest absolute Gasteiger partial charge is 0.280 e. The lowest BCUT2D eigenvalue weighted by Gasteiger charge is -2.35. The van der Waals surface area contributed by atoms with Gasteiger partial charge in [0.05, 0.1) is 42.8 Å². The number of nitrogens with one attached hydrogen (secondary N) is 2. The maximum absolute atomic E-state index is 12.4. The highest BCUT2D eigenvalue weighted by Gasteiger charge is 2.37.